The van der Waals surface area contributed by atoms with Gasteiger partial charge in [-0.15, -0.1) is 11.8 Å². The Hall–Kier alpha value is -3.95. The van der Waals surface area contributed by atoms with E-state index in [1.807, 2.05) is 91.0 Å². The summed E-state index contributed by atoms with van der Waals surface area (Å²) in [5, 5.41) is 12.3. The number of amides is 1. The van der Waals surface area contributed by atoms with Crippen LogP contribution in [0.5, 0.6) is 0 Å². The molecule has 4 aromatic carbocycles. The monoisotopic (exact) mass is 611 g/mol. The Morgan fingerprint density at radius 3 is 2.30 bits per heavy atom. The van der Waals surface area contributed by atoms with Gasteiger partial charge in [0.25, 0.3) is 5.91 Å². The van der Waals surface area contributed by atoms with Gasteiger partial charge in [0.15, 0.2) is 12.4 Å². The van der Waals surface area contributed by atoms with E-state index >= 15 is 0 Å². The van der Waals surface area contributed by atoms with E-state index in [0.29, 0.717) is 6.54 Å². The number of carbonyl (C=O) groups excluding carboxylic acids is 2. The second-order valence-corrected chi connectivity index (χ2v) is 11.8. The van der Waals surface area contributed by atoms with Gasteiger partial charge in [0.2, 0.25) is 0 Å². The maximum atomic E-state index is 12.4. The summed E-state index contributed by atoms with van der Waals surface area (Å²) in [6, 6.07) is 34.2. The van der Waals surface area contributed by atoms with E-state index in [2.05, 4.69) is 17.4 Å². The average molecular weight is 612 g/mol. The first-order valence-electron chi connectivity index (χ1n) is 14.7. The molecule has 1 fully saturated rings. The molecule has 5 rings (SSSR count). The first-order valence-corrected chi connectivity index (χ1v) is 15.7. The summed E-state index contributed by atoms with van der Waals surface area (Å²) in [5.41, 5.74) is 5.77. The number of hydrogen-bond acceptors (Lipinski definition) is 7. The average Bonchev–Trinajstić information content (AvgIpc) is 3.06. The number of aliphatic hydroxyl groups excluding tert-OH is 1. The van der Waals surface area contributed by atoms with E-state index < -0.39 is 18.4 Å². The summed E-state index contributed by atoms with van der Waals surface area (Å²) in [6.07, 6.45) is -0.858. The van der Waals surface area contributed by atoms with Crippen LogP contribution in [0.3, 0.4) is 0 Å². The Morgan fingerprint density at radius 2 is 1.59 bits per heavy atom. The smallest absolute Gasteiger partial charge is 0.303 e. The first-order chi connectivity index (χ1) is 21.4. The van der Waals surface area contributed by atoms with Gasteiger partial charge in [-0.05, 0) is 46.9 Å². The van der Waals surface area contributed by atoms with E-state index in [-0.39, 0.29) is 24.7 Å². The number of hydrogen-bond donors (Lipinski definition) is 2. The van der Waals surface area contributed by atoms with Crippen molar-refractivity contribution in [1.29, 1.82) is 0 Å². The van der Waals surface area contributed by atoms with Crippen molar-refractivity contribution in [3.63, 3.8) is 0 Å². The predicted molar refractivity (Wildman–Crippen MR) is 171 cm³/mol. The highest BCUT2D eigenvalue weighted by atomic mass is 32.2. The third-order valence-electron chi connectivity index (χ3n) is 7.47. The second kappa shape index (κ2) is 15.2. The summed E-state index contributed by atoms with van der Waals surface area (Å²) in [7, 11) is 0. The lowest BCUT2D eigenvalue weighted by atomic mass is 9.97. The molecule has 4 atom stereocenters. The van der Waals surface area contributed by atoms with Gasteiger partial charge < -0.3 is 24.6 Å². The summed E-state index contributed by atoms with van der Waals surface area (Å²) < 4.78 is 18.0. The molecule has 0 aromatic heterocycles. The van der Waals surface area contributed by atoms with Crippen LogP contribution in [0.15, 0.2) is 108 Å². The van der Waals surface area contributed by atoms with Gasteiger partial charge in [0, 0.05) is 36.1 Å². The molecule has 0 aliphatic carbocycles. The van der Waals surface area contributed by atoms with Gasteiger partial charge >= 0.3 is 5.97 Å². The lowest BCUT2D eigenvalue weighted by Crippen LogP contribution is -2.35. The van der Waals surface area contributed by atoms with E-state index in [9.17, 15) is 14.7 Å². The fraction of sp³-hybridized carbons (Fsp3) is 0.278. The molecule has 1 aliphatic rings. The van der Waals surface area contributed by atoms with Crippen LogP contribution in [0.4, 0.5) is 0 Å². The molecule has 0 spiro atoms. The van der Waals surface area contributed by atoms with E-state index in [0.717, 1.165) is 45.6 Å². The predicted octanol–water partition coefficient (Wildman–Crippen LogP) is 6.75. The van der Waals surface area contributed by atoms with Crippen molar-refractivity contribution < 1.29 is 28.9 Å². The Kier molecular flexibility index (Phi) is 10.9. The number of ether oxygens (including phenoxy) is 3. The highest BCUT2D eigenvalue weighted by Gasteiger charge is 2.32. The minimum absolute atomic E-state index is 0.00311. The molecule has 0 saturated carbocycles. The summed E-state index contributed by atoms with van der Waals surface area (Å²) in [5.74, 6) is -0.0498. The molecule has 1 aliphatic heterocycles. The molecule has 7 nitrogen and oxygen atoms in total. The van der Waals surface area contributed by atoms with E-state index in [1.165, 1.54) is 11.8 Å². The normalized spacial score (nSPS) is 18.8. The zero-order valence-corrected chi connectivity index (χ0v) is 25.7. The molecule has 0 bridgehead atoms. The van der Waals surface area contributed by atoms with Gasteiger partial charge in [-0.3, -0.25) is 9.59 Å². The number of nitrogens with one attached hydrogen (secondary N) is 1. The third-order valence-corrected chi connectivity index (χ3v) is 8.61. The zero-order valence-electron chi connectivity index (χ0n) is 24.8. The van der Waals surface area contributed by atoms with Gasteiger partial charge in [0.05, 0.1) is 18.8 Å². The highest BCUT2D eigenvalue weighted by Crippen LogP contribution is 2.40. The van der Waals surface area contributed by atoms with Crippen LogP contribution in [-0.4, -0.2) is 34.9 Å². The number of thioether (sulfide) groups is 1. The van der Waals surface area contributed by atoms with Crippen molar-refractivity contribution in [2.75, 3.05) is 5.75 Å². The molecule has 228 valence electrons. The summed E-state index contributed by atoms with van der Waals surface area (Å²) in [4.78, 5) is 24.8. The van der Waals surface area contributed by atoms with E-state index in [4.69, 9.17) is 14.2 Å². The lowest BCUT2D eigenvalue weighted by Gasteiger charge is -2.36. The Bertz CT molecular complexity index is 1530. The van der Waals surface area contributed by atoms with Crippen LogP contribution < -0.4 is 5.32 Å². The quantitative estimate of drug-likeness (QED) is 0.143. The minimum Gasteiger partial charge on any atom is -0.453 e. The molecule has 8 heteroatoms. The molecule has 1 amide bonds. The largest absolute Gasteiger partial charge is 0.453 e. The van der Waals surface area contributed by atoms with Gasteiger partial charge in [-0.2, -0.15) is 0 Å². The second-order valence-electron chi connectivity index (χ2n) is 10.7. The molecule has 1 heterocycles. The van der Waals surface area contributed by atoms with Crippen molar-refractivity contribution in [1.82, 2.24) is 5.32 Å². The first kappa shape index (κ1) is 31.5. The molecule has 1 saturated heterocycles. The molecule has 4 aromatic rings. The lowest BCUT2D eigenvalue weighted by molar-refractivity contribution is -0.245. The Labute approximate surface area is 262 Å². The van der Waals surface area contributed by atoms with Crippen molar-refractivity contribution in [2.45, 2.75) is 62.9 Å². The maximum absolute atomic E-state index is 12.4. The van der Waals surface area contributed by atoms with Crippen molar-refractivity contribution in [3.05, 3.63) is 125 Å². The van der Waals surface area contributed by atoms with Gasteiger partial charge in [-0.25, -0.2) is 0 Å². The molecule has 0 unspecified atom stereocenters. The van der Waals surface area contributed by atoms with Crippen LogP contribution in [0, 0.1) is 0 Å². The number of aliphatic hydroxyl groups is 1. The fourth-order valence-electron chi connectivity index (χ4n) is 5.13. The minimum atomic E-state index is -0.860. The SMILES string of the molecule is CC(=O)O[C@@H](C)C(=O)NCc1ccccc1-c1ccc([C@@H]2O[C@H](CSc3ccccc3)C[C@H](c3ccc(CO)cc3)O2)cc1. The number of esters is 1. The fourth-order valence-corrected chi connectivity index (χ4v) is 6.08. The Morgan fingerprint density at radius 1 is 0.909 bits per heavy atom. The maximum Gasteiger partial charge on any atom is 0.303 e. The molecule has 44 heavy (non-hydrogen) atoms. The van der Waals surface area contributed by atoms with E-state index in [1.54, 1.807) is 18.7 Å². The van der Waals surface area contributed by atoms with Crippen molar-refractivity contribution in [2.24, 2.45) is 0 Å². The molecular formula is C36H37NO6S. The molecule has 0 radical (unpaired) electrons. The summed E-state index contributed by atoms with van der Waals surface area (Å²) >= 11 is 1.77. The van der Waals surface area contributed by atoms with Crippen LogP contribution in [0.2, 0.25) is 0 Å². The number of rotatable bonds is 11. The van der Waals surface area contributed by atoms with Crippen LogP contribution in [0.1, 0.15) is 54.9 Å². The van der Waals surface area contributed by atoms with Crippen LogP contribution in [0.25, 0.3) is 11.1 Å². The van der Waals surface area contributed by atoms with Crippen LogP contribution >= 0.6 is 11.8 Å². The standard InChI is InChI=1S/C36H37NO6S/c1-24(41-25(2)39)35(40)37-21-30-8-6-7-11-33(30)27-16-18-29(19-17-27)36-42-31(23-44-32-9-4-3-5-10-32)20-34(43-36)28-14-12-26(22-38)13-15-28/h3-19,24,31,34,36,38H,20-23H2,1-2H3,(H,37,40)/t24-,31-,34+,36+/m0/s1. The van der Waals surface area contributed by atoms with Gasteiger partial charge in [-0.1, -0.05) is 91.0 Å². The van der Waals surface area contributed by atoms with Crippen molar-refractivity contribution in [3.8, 4) is 11.1 Å². The number of carbonyl (C=O) groups is 2. The van der Waals surface area contributed by atoms with Crippen LogP contribution in [-0.2, 0) is 37.0 Å². The van der Waals surface area contributed by atoms with Crippen molar-refractivity contribution >= 4 is 23.6 Å². The Balaban J connectivity index is 1.31. The molecule has 2 N–H and O–H groups in total. The van der Waals surface area contributed by atoms with Gasteiger partial charge in [0.1, 0.15) is 0 Å². The third kappa shape index (κ3) is 8.36. The topological polar surface area (TPSA) is 94.1 Å². The number of benzene rings is 4. The highest BCUT2D eigenvalue weighted by molar-refractivity contribution is 7.99. The molecular weight excluding hydrogens is 574 g/mol. The summed E-state index contributed by atoms with van der Waals surface area (Å²) in [6.45, 7) is 3.14. The zero-order chi connectivity index (χ0) is 30.9.